The van der Waals surface area contributed by atoms with Crippen molar-refractivity contribution in [3.63, 3.8) is 0 Å². The molecule has 116 heavy (non-hydrogen) atoms. The van der Waals surface area contributed by atoms with Gasteiger partial charge in [0, 0.05) is 43.4 Å². The number of carboxylic acid groups (broad SMARTS) is 5. The zero-order valence-electron chi connectivity index (χ0n) is 66.1. The second-order valence-electron chi connectivity index (χ2n) is 28.5. The lowest BCUT2D eigenvalue weighted by molar-refractivity contribution is -0.145. The van der Waals surface area contributed by atoms with Gasteiger partial charge in [0.05, 0.1) is 51.3 Å². The molecule has 0 saturated heterocycles. The van der Waals surface area contributed by atoms with E-state index in [1.165, 1.54) is 13.8 Å². The van der Waals surface area contributed by atoms with E-state index in [1.54, 1.807) is 37.4 Å². The largest absolute Gasteiger partial charge is 0.481 e. The predicted molar refractivity (Wildman–Crippen MR) is 409 cm³/mol. The highest BCUT2D eigenvalue weighted by atomic mass is 16.4. The number of amides is 15. The molecule has 43 nitrogen and oxygen atoms in total. The fourth-order valence-corrected chi connectivity index (χ4v) is 11.7. The number of aliphatic carboxylic acids is 5. The normalized spacial score (nSPS) is 14.9. The van der Waals surface area contributed by atoms with E-state index < -0.39 is 261 Å². The molecule has 15 amide bonds. The molecular formula is C73H113N17O26. The van der Waals surface area contributed by atoms with E-state index in [-0.39, 0.29) is 45.1 Å². The number of carboxylic acids is 5. The number of H-pyrrole nitrogens is 1. The van der Waals surface area contributed by atoms with Gasteiger partial charge in [0.2, 0.25) is 88.6 Å². The van der Waals surface area contributed by atoms with Crippen molar-refractivity contribution in [2.75, 3.05) is 26.7 Å². The molecule has 0 saturated carbocycles. The molecule has 0 aliphatic heterocycles. The summed E-state index contributed by atoms with van der Waals surface area (Å²) in [5.74, 6) is -26.9. The Bertz CT molecular complexity index is 3800. The Morgan fingerprint density at radius 2 is 0.914 bits per heavy atom. The Labute approximate surface area is 667 Å². The van der Waals surface area contributed by atoms with Crippen molar-refractivity contribution in [1.29, 1.82) is 0 Å². The van der Waals surface area contributed by atoms with Crippen LogP contribution in [-0.2, 0) is 102 Å². The lowest BCUT2D eigenvalue weighted by Gasteiger charge is -2.29. The number of nitrogens with zero attached hydrogens (tertiary/aromatic N) is 1. The number of carbonyl (C=O) groups is 20. The van der Waals surface area contributed by atoms with Crippen LogP contribution in [0.3, 0.4) is 0 Å². The Morgan fingerprint density at radius 3 is 1.45 bits per heavy atom. The van der Waals surface area contributed by atoms with E-state index >= 15 is 0 Å². The van der Waals surface area contributed by atoms with Crippen LogP contribution in [0.1, 0.15) is 170 Å². The molecule has 25 N–H and O–H groups in total. The van der Waals surface area contributed by atoms with E-state index in [2.05, 4.69) is 77.3 Å². The van der Waals surface area contributed by atoms with Crippen molar-refractivity contribution in [2.45, 2.75) is 243 Å². The number of unbranched alkanes of at least 4 members (excludes halogenated alkanes) is 4. The van der Waals surface area contributed by atoms with Gasteiger partial charge in [-0.15, -0.1) is 0 Å². The molecule has 2 aromatic rings. The number of nitrogens with two attached hydrogens (primary N) is 3. The highest BCUT2D eigenvalue weighted by Crippen LogP contribution is 2.21. The smallest absolute Gasteiger partial charge is 0.326 e. The number of benzene rings is 1. The maximum Gasteiger partial charge on any atom is 0.326 e. The van der Waals surface area contributed by atoms with Crippen LogP contribution in [0.2, 0.25) is 0 Å². The topological polar surface area (TPSA) is 704 Å². The average molecular weight is 1640 g/mol. The number of rotatable bonds is 57. The summed E-state index contributed by atoms with van der Waals surface area (Å²) >= 11 is 0. The van der Waals surface area contributed by atoms with Crippen LogP contribution in [0.25, 0.3) is 10.9 Å². The summed E-state index contributed by atoms with van der Waals surface area (Å²) in [6.45, 7) is 8.61. The standard InChI is InChI=1S/C73H113N17O26/c1-9-36(3)19-13-11-12-14-23-53(94)80-46(28-41-33-77-43-21-16-15-20-42(41)43)67(109)83-45(24-25-56(97)98)66(108)85-48(30-52(76)93)70(112)89-62(40(7)91)72(114)90(8)35-55(96)79-39(6)63(105)84-50(32-59(103)104)68(110)82-44(22-17-18-26-74)65(107)86-49(31-58(101)102)64(106)78-34-54(95)81-47(29-51(75)92)69(111)87-60(38(5)27-57(99)100)71(113)88-61(73(115)116)37(4)10-2/h15-16,20-21,33,36-40,44-50,60-62,77,91H,9-14,17-19,22-32,34-35,74H2,1-8H3,(H2,75,92)(H2,76,93)(H,78,106)(H,79,96)(H,80,94)(H,81,95)(H,82,110)(H,83,109)(H,84,105)(H,85,108)(H,86,107)(H,87,111)(H,88,113)(H,89,112)(H,97,98)(H,99,100)(H,101,102)(H,103,104)(H,115,116)/t36?,37-,38?,39-,40+,44+,45+,46-,47+,48-,49-,50-,60-,61-,62-/m0/s1. The van der Waals surface area contributed by atoms with Gasteiger partial charge in [0.25, 0.3) is 0 Å². The molecule has 646 valence electrons. The second kappa shape index (κ2) is 51.0. The number of fused-ring (bicyclic) bond motifs is 1. The minimum Gasteiger partial charge on any atom is -0.481 e. The summed E-state index contributed by atoms with van der Waals surface area (Å²) in [6.07, 6.45) is -1.37. The molecule has 0 aliphatic rings. The van der Waals surface area contributed by atoms with E-state index in [0.29, 0.717) is 33.7 Å². The molecule has 15 atom stereocenters. The third-order valence-electron chi connectivity index (χ3n) is 18.7. The first-order chi connectivity index (χ1) is 54.4. The number of aromatic amines is 1. The fraction of sp³-hybridized carbons (Fsp3) is 0.616. The number of primary amides is 2. The van der Waals surface area contributed by atoms with Crippen molar-refractivity contribution in [1.82, 2.24) is 73.7 Å². The number of aliphatic hydroxyl groups is 1. The van der Waals surface area contributed by atoms with Crippen LogP contribution < -0.4 is 81.0 Å². The molecule has 0 aliphatic carbocycles. The molecule has 2 unspecified atom stereocenters. The quantitative estimate of drug-likeness (QED) is 0.0277. The number of aliphatic hydroxyl groups excluding tert-OH is 1. The third kappa shape index (κ3) is 36.9. The summed E-state index contributed by atoms with van der Waals surface area (Å²) in [5.41, 5.74) is 17.7. The zero-order chi connectivity index (χ0) is 87.8. The first kappa shape index (κ1) is 100. The first-order valence-corrected chi connectivity index (χ1v) is 37.9. The van der Waals surface area contributed by atoms with Crippen molar-refractivity contribution in [2.24, 2.45) is 35.0 Å². The highest BCUT2D eigenvalue weighted by molar-refractivity contribution is 6.02. The van der Waals surface area contributed by atoms with Gasteiger partial charge in [-0.05, 0) is 81.9 Å². The van der Waals surface area contributed by atoms with Crippen molar-refractivity contribution < 1.29 is 127 Å². The number of para-hydroxylation sites is 1. The summed E-state index contributed by atoms with van der Waals surface area (Å²) in [4.78, 5) is 267. The first-order valence-electron chi connectivity index (χ1n) is 37.9. The SMILES string of the molecule is CCC(C)CCCCCCC(=O)N[C@@H](Cc1c[nH]c2ccccc12)C(=O)N[C@H](CCC(=O)O)C(=O)N[C@@H](CC(N)=O)C(=O)N[C@H](C(=O)N(C)CC(=O)N[C@@H](C)C(=O)N[C@@H](CC(=O)O)C(=O)N[C@H](CCCCN)C(=O)N[C@@H](CC(=O)O)C(=O)NCC(=O)N[C@H](CC(N)=O)C(=O)N[C@H](C(=O)N[C@H](C(=O)O)[C@@H](C)CC)C(C)CC(=O)O)[C@@H](C)O. The van der Waals surface area contributed by atoms with Gasteiger partial charge >= 0.3 is 29.8 Å². The Morgan fingerprint density at radius 1 is 0.440 bits per heavy atom. The van der Waals surface area contributed by atoms with Gasteiger partial charge in [0.15, 0.2) is 0 Å². The van der Waals surface area contributed by atoms with Crippen LogP contribution >= 0.6 is 0 Å². The Balaban J connectivity index is 2.30. The average Bonchev–Trinajstić information content (AvgIpc) is 1.67. The van der Waals surface area contributed by atoms with Crippen molar-refractivity contribution >= 4 is 129 Å². The second-order valence-corrected chi connectivity index (χ2v) is 28.5. The van der Waals surface area contributed by atoms with Gasteiger partial charge in [-0.25, -0.2) is 4.79 Å². The lowest BCUT2D eigenvalue weighted by atomic mass is 9.94. The van der Waals surface area contributed by atoms with E-state index in [9.17, 15) is 127 Å². The Hall–Kier alpha value is -11.9. The van der Waals surface area contributed by atoms with Crippen LogP contribution in [0, 0.1) is 17.8 Å². The molecule has 0 fully saturated rings. The number of hydrogen-bond donors (Lipinski definition) is 22. The number of nitrogens with one attached hydrogen (secondary N) is 13. The molecule has 1 aromatic carbocycles. The van der Waals surface area contributed by atoms with Gasteiger partial charge in [-0.1, -0.05) is 91.3 Å². The van der Waals surface area contributed by atoms with E-state index in [0.717, 1.165) is 53.0 Å². The van der Waals surface area contributed by atoms with Gasteiger partial charge < -0.3 is 122 Å². The summed E-state index contributed by atoms with van der Waals surface area (Å²) in [6, 6.07) is -12.9. The van der Waals surface area contributed by atoms with Gasteiger partial charge in [-0.2, -0.15) is 0 Å². The van der Waals surface area contributed by atoms with Gasteiger partial charge in [-0.3, -0.25) is 91.1 Å². The molecule has 0 bridgehead atoms. The molecule has 43 heteroatoms. The minimum absolute atomic E-state index is 0.0232. The van der Waals surface area contributed by atoms with Crippen molar-refractivity contribution in [3.8, 4) is 0 Å². The maximum atomic E-state index is 14.3. The summed E-state index contributed by atoms with van der Waals surface area (Å²) < 4.78 is 0. The fourth-order valence-electron chi connectivity index (χ4n) is 11.7. The number of hydrogen-bond acceptors (Lipinski definition) is 22. The molecule has 0 spiro atoms. The van der Waals surface area contributed by atoms with Gasteiger partial charge in [0.1, 0.15) is 66.5 Å². The van der Waals surface area contributed by atoms with Crippen LogP contribution in [0.15, 0.2) is 30.5 Å². The molecule has 0 radical (unpaired) electrons. The van der Waals surface area contributed by atoms with E-state index in [1.807, 2.05) is 5.32 Å². The summed E-state index contributed by atoms with van der Waals surface area (Å²) in [7, 11) is 1.00. The van der Waals surface area contributed by atoms with Crippen LogP contribution in [0.5, 0.6) is 0 Å². The minimum atomic E-state index is -2.08. The van der Waals surface area contributed by atoms with Crippen LogP contribution in [0.4, 0.5) is 0 Å². The molecular weight excluding hydrogens is 1530 g/mol. The molecule has 1 heterocycles. The number of likely N-dealkylation sites (N-methyl/N-ethyl adjacent to an activating group) is 1. The predicted octanol–water partition coefficient (Wildman–Crippen LogP) is -4.66. The Kier molecular flexibility index (Phi) is 44.1. The molecule has 1 aromatic heterocycles. The summed E-state index contributed by atoms with van der Waals surface area (Å²) in [5, 5.41) is 86.8. The highest BCUT2D eigenvalue weighted by Gasteiger charge is 2.40. The number of aromatic nitrogens is 1. The monoisotopic (exact) mass is 1640 g/mol. The molecule has 2 rings (SSSR count). The van der Waals surface area contributed by atoms with Crippen LogP contribution in [-0.4, -0.2) is 258 Å². The van der Waals surface area contributed by atoms with E-state index in [4.69, 9.17) is 17.2 Å². The maximum absolute atomic E-state index is 14.3. The zero-order valence-corrected chi connectivity index (χ0v) is 66.1. The third-order valence-corrected chi connectivity index (χ3v) is 18.7. The number of carbonyl (C=O) groups excluding carboxylic acids is 15. The van der Waals surface area contributed by atoms with Crippen molar-refractivity contribution in [3.05, 3.63) is 36.0 Å². The lowest BCUT2D eigenvalue weighted by Crippen LogP contribution is -2.61.